The molecule has 0 aliphatic carbocycles. The molecule has 0 unspecified atom stereocenters. The van der Waals surface area contributed by atoms with Crippen molar-refractivity contribution in [3.63, 3.8) is 0 Å². The summed E-state index contributed by atoms with van der Waals surface area (Å²) in [6.45, 7) is 5.06. The zero-order valence-electron chi connectivity index (χ0n) is 6.05. The molecule has 0 aromatic carbocycles. The number of hydrogen-bond acceptors (Lipinski definition) is 3. The number of thioether (sulfide) groups is 1. The highest BCUT2D eigenvalue weighted by molar-refractivity contribution is 8.00. The lowest BCUT2D eigenvalue weighted by molar-refractivity contribution is 0.322. The van der Waals surface area contributed by atoms with Gasteiger partial charge < -0.3 is 10.8 Å². The van der Waals surface area contributed by atoms with Crippen LogP contribution in [0, 0.1) is 0 Å². The molecule has 0 atom stereocenters. The Hall–Kier alpha value is 0.270. The lowest BCUT2D eigenvalue weighted by Gasteiger charge is -2.20. The summed E-state index contributed by atoms with van der Waals surface area (Å²) in [4.78, 5) is 0. The van der Waals surface area contributed by atoms with E-state index in [1.165, 1.54) is 0 Å². The Bertz CT molecular complexity index is 75.5. The van der Waals surface area contributed by atoms with E-state index >= 15 is 0 Å². The number of nitrogens with two attached hydrogens (primary N) is 1. The van der Waals surface area contributed by atoms with Crippen LogP contribution in [0.4, 0.5) is 0 Å². The van der Waals surface area contributed by atoms with Gasteiger partial charge >= 0.3 is 0 Å². The molecule has 0 aliphatic rings. The predicted molar refractivity (Wildman–Crippen MR) is 42.7 cm³/mol. The van der Waals surface area contributed by atoms with Crippen molar-refractivity contribution in [2.45, 2.75) is 18.6 Å². The van der Waals surface area contributed by atoms with Gasteiger partial charge in [-0.05, 0) is 13.8 Å². The molecule has 0 saturated carbocycles. The van der Waals surface area contributed by atoms with Crippen molar-refractivity contribution in [1.82, 2.24) is 0 Å². The van der Waals surface area contributed by atoms with Crippen LogP contribution in [0.25, 0.3) is 0 Å². The molecule has 0 heterocycles. The summed E-state index contributed by atoms with van der Waals surface area (Å²) in [5, 5.41) is 8.46. The molecular formula is C6H15NOS. The van der Waals surface area contributed by atoms with E-state index in [1.54, 1.807) is 11.8 Å². The summed E-state index contributed by atoms with van der Waals surface area (Å²) in [6.07, 6.45) is 0. The Morgan fingerprint density at radius 1 is 1.56 bits per heavy atom. The predicted octanol–water partition coefficient (Wildman–Crippen LogP) is 0.449. The molecule has 0 aromatic rings. The van der Waals surface area contributed by atoms with E-state index in [9.17, 15) is 0 Å². The van der Waals surface area contributed by atoms with E-state index in [-0.39, 0.29) is 11.4 Å². The van der Waals surface area contributed by atoms with E-state index in [4.69, 9.17) is 10.8 Å². The summed E-state index contributed by atoms with van der Waals surface area (Å²) < 4.78 is 0.128. The van der Waals surface area contributed by atoms with Crippen LogP contribution in [0.3, 0.4) is 0 Å². The fourth-order valence-corrected chi connectivity index (χ4v) is 1.14. The number of aliphatic hydroxyl groups excluding tert-OH is 1. The highest BCUT2D eigenvalue weighted by Crippen LogP contribution is 2.21. The number of rotatable bonds is 4. The van der Waals surface area contributed by atoms with Gasteiger partial charge in [-0.1, -0.05) is 0 Å². The van der Waals surface area contributed by atoms with Gasteiger partial charge in [0.2, 0.25) is 0 Å². The van der Waals surface area contributed by atoms with Crippen molar-refractivity contribution < 1.29 is 5.11 Å². The highest BCUT2D eigenvalue weighted by Gasteiger charge is 2.14. The second kappa shape index (κ2) is 4.14. The van der Waals surface area contributed by atoms with Crippen LogP contribution in [-0.2, 0) is 0 Å². The number of aliphatic hydroxyl groups is 1. The van der Waals surface area contributed by atoms with Gasteiger partial charge in [0.25, 0.3) is 0 Å². The third-order valence-electron chi connectivity index (χ3n) is 1.08. The smallest absolute Gasteiger partial charge is 0.0521 e. The minimum atomic E-state index is 0.128. The fraction of sp³-hybridized carbons (Fsp3) is 1.00. The third-order valence-corrected chi connectivity index (χ3v) is 2.41. The zero-order chi connectivity index (χ0) is 7.33. The molecule has 0 saturated heterocycles. The maximum atomic E-state index is 8.46. The van der Waals surface area contributed by atoms with Crippen molar-refractivity contribution in [3.8, 4) is 0 Å². The van der Waals surface area contributed by atoms with Crippen LogP contribution >= 0.6 is 11.8 Å². The first kappa shape index (κ1) is 9.27. The Kier molecular flexibility index (Phi) is 4.27. The Balaban J connectivity index is 3.33. The largest absolute Gasteiger partial charge is 0.396 e. The van der Waals surface area contributed by atoms with Gasteiger partial charge in [0.05, 0.1) is 6.61 Å². The minimum absolute atomic E-state index is 0.128. The van der Waals surface area contributed by atoms with Crippen molar-refractivity contribution in [3.05, 3.63) is 0 Å². The molecule has 0 aliphatic heterocycles. The average molecular weight is 149 g/mol. The Morgan fingerprint density at radius 2 is 2.11 bits per heavy atom. The van der Waals surface area contributed by atoms with Gasteiger partial charge in [-0.3, -0.25) is 0 Å². The van der Waals surface area contributed by atoms with Crippen LogP contribution in [-0.4, -0.2) is 28.8 Å². The van der Waals surface area contributed by atoms with E-state index in [0.717, 1.165) is 5.75 Å². The van der Waals surface area contributed by atoms with Crippen molar-refractivity contribution in [1.29, 1.82) is 0 Å². The third kappa shape index (κ3) is 4.75. The molecule has 0 rings (SSSR count). The quantitative estimate of drug-likeness (QED) is 0.610. The summed E-state index contributed by atoms with van der Waals surface area (Å²) in [5.74, 6) is 0.782. The average Bonchev–Trinajstić information content (AvgIpc) is 1.84. The standard InChI is InChI=1S/C6H15NOS/c1-6(2,5-7)9-4-3-8/h8H,3-5,7H2,1-2H3. The van der Waals surface area contributed by atoms with Crippen molar-refractivity contribution in [2.75, 3.05) is 18.9 Å². The maximum Gasteiger partial charge on any atom is 0.0521 e. The molecule has 0 bridgehead atoms. The second-order valence-electron chi connectivity index (χ2n) is 2.54. The summed E-state index contributed by atoms with van der Waals surface area (Å²) >= 11 is 1.70. The normalized spacial score (nSPS) is 12.0. The second-order valence-corrected chi connectivity index (χ2v) is 4.34. The van der Waals surface area contributed by atoms with E-state index < -0.39 is 0 Å². The van der Waals surface area contributed by atoms with Crippen molar-refractivity contribution >= 4 is 11.8 Å². The lowest BCUT2D eigenvalue weighted by Crippen LogP contribution is -2.27. The van der Waals surface area contributed by atoms with Gasteiger partial charge in [0.15, 0.2) is 0 Å². The van der Waals surface area contributed by atoms with Crippen LogP contribution in [0.5, 0.6) is 0 Å². The Morgan fingerprint density at radius 3 is 2.44 bits per heavy atom. The van der Waals surface area contributed by atoms with Crippen LogP contribution in [0.1, 0.15) is 13.8 Å². The molecule has 0 amide bonds. The molecule has 3 heteroatoms. The van der Waals surface area contributed by atoms with Crippen LogP contribution in [0.15, 0.2) is 0 Å². The highest BCUT2D eigenvalue weighted by atomic mass is 32.2. The molecule has 0 aromatic heterocycles. The minimum Gasteiger partial charge on any atom is -0.396 e. The van der Waals surface area contributed by atoms with Gasteiger partial charge in [-0.2, -0.15) is 11.8 Å². The first-order valence-electron chi connectivity index (χ1n) is 3.07. The molecule has 56 valence electrons. The summed E-state index contributed by atoms with van der Waals surface area (Å²) in [5.41, 5.74) is 5.44. The maximum absolute atomic E-state index is 8.46. The topological polar surface area (TPSA) is 46.2 Å². The Labute approximate surface area is 60.8 Å². The molecule has 0 spiro atoms. The van der Waals surface area contributed by atoms with Gasteiger partial charge in [0.1, 0.15) is 0 Å². The van der Waals surface area contributed by atoms with Gasteiger partial charge in [-0.15, -0.1) is 0 Å². The SMILES string of the molecule is CC(C)(CN)SCCO. The first-order chi connectivity index (χ1) is 4.12. The van der Waals surface area contributed by atoms with Gasteiger partial charge in [-0.25, -0.2) is 0 Å². The zero-order valence-corrected chi connectivity index (χ0v) is 6.87. The monoisotopic (exact) mass is 149 g/mol. The van der Waals surface area contributed by atoms with Crippen LogP contribution < -0.4 is 5.73 Å². The molecular weight excluding hydrogens is 134 g/mol. The molecule has 9 heavy (non-hydrogen) atoms. The summed E-state index contributed by atoms with van der Waals surface area (Å²) in [6, 6.07) is 0. The fourth-order valence-electron chi connectivity index (χ4n) is 0.381. The van der Waals surface area contributed by atoms with Crippen molar-refractivity contribution in [2.24, 2.45) is 5.73 Å². The number of hydrogen-bond donors (Lipinski definition) is 2. The molecule has 2 nitrogen and oxygen atoms in total. The van der Waals surface area contributed by atoms with E-state index in [2.05, 4.69) is 13.8 Å². The first-order valence-corrected chi connectivity index (χ1v) is 4.06. The van der Waals surface area contributed by atoms with Gasteiger partial charge in [0, 0.05) is 17.0 Å². The molecule has 3 N–H and O–H groups in total. The van der Waals surface area contributed by atoms with E-state index in [0.29, 0.717) is 6.54 Å². The summed E-state index contributed by atoms with van der Waals surface area (Å²) in [7, 11) is 0. The van der Waals surface area contributed by atoms with Crippen LogP contribution in [0.2, 0.25) is 0 Å². The molecule has 0 radical (unpaired) electrons. The van der Waals surface area contributed by atoms with E-state index in [1.807, 2.05) is 0 Å². The lowest BCUT2D eigenvalue weighted by atomic mass is 10.2. The molecule has 0 fully saturated rings.